The number of rotatable bonds is 7. The van der Waals surface area contributed by atoms with Crippen molar-refractivity contribution in [3.05, 3.63) is 65.2 Å². The molecule has 0 aromatic heterocycles. The van der Waals surface area contributed by atoms with Gasteiger partial charge < -0.3 is 4.90 Å². The average molecular weight is 414 g/mol. The molecule has 0 heterocycles. The molecule has 2 aromatic rings. The molecule has 2 aromatic carbocycles. The fourth-order valence-corrected chi connectivity index (χ4v) is 3.66. The van der Waals surface area contributed by atoms with Gasteiger partial charge in [-0.3, -0.25) is 4.79 Å². The van der Waals surface area contributed by atoms with Crippen molar-refractivity contribution < 1.29 is 26.4 Å². The first kappa shape index (κ1) is 21.9. The van der Waals surface area contributed by atoms with Crippen molar-refractivity contribution in [1.82, 2.24) is 9.62 Å². The molecule has 0 fully saturated rings. The van der Waals surface area contributed by atoms with E-state index >= 15 is 0 Å². The van der Waals surface area contributed by atoms with Gasteiger partial charge in [0.15, 0.2) is 0 Å². The highest BCUT2D eigenvalue weighted by molar-refractivity contribution is 7.89. The molecule has 1 N–H and O–H groups in total. The van der Waals surface area contributed by atoms with Gasteiger partial charge in [0, 0.05) is 25.7 Å². The number of hydrogen-bond donors (Lipinski definition) is 1. The van der Waals surface area contributed by atoms with Crippen molar-refractivity contribution in [3.8, 4) is 0 Å². The SMILES string of the molecule is CCCNS(=O)(=O)c1cccc(C(=O)N(C)Cc2ccc(C(F)(F)F)cc2)c1. The van der Waals surface area contributed by atoms with Gasteiger partial charge in [0.2, 0.25) is 10.0 Å². The van der Waals surface area contributed by atoms with Crippen LogP contribution in [0.5, 0.6) is 0 Å². The van der Waals surface area contributed by atoms with Crippen molar-refractivity contribution in [3.63, 3.8) is 0 Å². The van der Waals surface area contributed by atoms with E-state index in [1.165, 1.54) is 48.3 Å². The van der Waals surface area contributed by atoms with Gasteiger partial charge in [0.05, 0.1) is 10.5 Å². The van der Waals surface area contributed by atoms with Crippen LogP contribution in [0.1, 0.15) is 34.8 Å². The Morgan fingerprint density at radius 1 is 1.11 bits per heavy atom. The number of benzene rings is 2. The summed E-state index contributed by atoms with van der Waals surface area (Å²) in [5.41, 5.74) is -0.0614. The number of halogens is 3. The van der Waals surface area contributed by atoms with Crippen molar-refractivity contribution in [2.75, 3.05) is 13.6 Å². The topological polar surface area (TPSA) is 66.5 Å². The summed E-state index contributed by atoms with van der Waals surface area (Å²) >= 11 is 0. The molecule has 5 nitrogen and oxygen atoms in total. The van der Waals surface area contributed by atoms with E-state index in [2.05, 4.69) is 4.72 Å². The third-order valence-electron chi connectivity index (χ3n) is 3.98. The number of carbonyl (C=O) groups excluding carboxylic acids is 1. The Hall–Kier alpha value is -2.39. The Labute approximate surface area is 162 Å². The molecule has 0 aliphatic rings. The van der Waals surface area contributed by atoms with Crippen LogP contribution in [-0.4, -0.2) is 32.8 Å². The minimum atomic E-state index is -4.42. The number of amides is 1. The van der Waals surface area contributed by atoms with Gasteiger partial charge in [-0.1, -0.05) is 25.1 Å². The normalized spacial score (nSPS) is 12.0. The second kappa shape index (κ2) is 8.74. The Morgan fingerprint density at radius 3 is 2.32 bits per heavy atom. The highest BCUT2D eigenvalue weighted by atomic mass is 32.2. The van der Waals surface area contributed by atoms with Crippen molar-refractivity contribution in [2.45, 2.75) is 31.0 Å². The Morgan fingerprint density at radius 2 is 1.75 bits per heavy atom. The maximum absolute atomic E-state index is 12.6. The molecule has 0 atom stereocenters. The molecular weight excluding hydrogens is 393 g/mol. The minimum Gasteiger partial charge on any atom is -0.337 e. The lowest BCUT2D eigenvalue weighted by atomic mass is 10.1. The van der Waals surface area contributed by atoms with Crippen LogP contribution in [0.4, 0.5) is 13.2 Å². The quantitative estimate of drug-likeness (QED) is 0.752. The highest BCUT2D eigenvalue weighted by Gasteiger charge is 2.30. The van der Waals surface area contributed by atoms with Crippen LogP contribution in [0.25, 0.3) is 0 Å². The van der Waals surface area contributed by atoms with Crippen LogP contribution in [0, 0.1) is 0 Å². The summed E-state index contributed by atoms with van der Waals surface area (Å²) in [6.45, 7) is 2.20. The molecule has 0 saturated carbocycles. The molecule has 0 aliphatic carbocycles. The third kappa shape index (κ3) is 5.56. The number of nitrogens with zero attached hydrogens (tertiary/aromatic N) is 1. The van der Waals surface area contributed by atoms with E-state index in [-0.39, 0.29) is 23.5 Å². The first-order valence-corrected chi connectivity index (χ1v) is 10.0. The van der Waals surface area contributed by atoms with Gasteiger partial charge >= 0.3 is 6.18 Å². The molecule has 0 spiro atoms. The maximum Gasteiger partial charge on any atom is 0.416 e. The minimum absolute atomic E-state index is 0.0188. The molecular formula is C19H21F3N2O3S. The van der Waals surface area contributed by atoms with Crippen LogP contribution in [0.15, 0.2) is 53.4 Å². The third-order valence-corrected chi connectivity index (χ3v) is 5.44. The molecule has 0 unspecified atom stereocenters. The zero-order chi connectivity index (χ0) is 20.9. The van der Waals surface area contributed by atoms with E-state index < -0.39 is 27.7 Å². The summed E-state index contributed by atoms with van der Waals surface area (Å²) in [7, 11) is -2.21. The lowest BCUT2D eigenvalue weighted by Crippen LogP contribution is -2.27. The van der Waals surface area contributed by atoms with Crippen LogP contribution >= 0.6 is 0 Å². The van der Waals surface area contributed by atoms with Gasteiger partial charge in [0.25, 0.3) is 5.91 Å². The van der Waals surface area contributed by atoms with Gasteiger partial charge in [0.1, 0.15) is 0 Å². The second-order valence-corrected chi connectivity index (χ2v) is 8.05. The summed E-state index contributed by atoms with van der Waals surface area (Å²) in [6, 6.07) is 10.2. The molecule has 2 rings (SSSR count). The largest absolute Gasteiger partial charge is 0.416 e. The summed E-state index contributed by atoms with van der Waals surface area (Å²) < 4.78 is 64.7. The number of carbonyl (C=O) groups is 1. The van der Waals surface area contributed by atoms with Gasteiger partial charge in [-0.25, -0.2) is 13.1 Å². The summed E-state index contributed by atoms with van der Waals surface area (Å²) in [6.07, 6.45) is -3.79. The Bertz CT molecular complexity index is 926. The number of alkyl halides is 3. The van der Waals surface area contributed by atoms with Crippen LogP contribution in [-0.2, 0) is 22.7 Å². The summed E-state index contributed by atoms with van der Waals surface area (Å²) in [5, 5.41) is 0. The first-order chi connectivity index (χ1) is 13.0. The molecule has 0 aliphatic heterocycles. The molecule has 0 radical (unpaired) electrons. The van der Waals surface area contributed by atoms with Crippen molar-refractivity contribution >= 4 is 15.9 Å². The molecule has 1 amide bonds. The molecule has 0 saturated heterocycles. The fourth-order valence-electron chi connectivity index (χ4n) is 2.48. The highest BCUT2D eigenvalue weighted by Crippen LogP contribution is 2.29. The standard InChI is InChI=1S/C19H21F3N2O3S/c1-3-11-23-28(26,27)17-6-4-5-15(12-17)18(25)24(2)13-14-7-9-16(10-8-14)19(20,21)22/h4-10,12,23H,3,11,13H2,1-2H3. The molecule has 9 heteroatoms. The fraction of sp³-hybridized carbons (Fsp3) is 0.316. The Balaban J connectivity index is 2.14. The molecule has 152 valence electrons. The Kier molecular flexibility index (Phi) is 6.84. The summed E-state index contributed by atoms with van der Waals surface area (Å²) in [5.74, 6) is -0.438. The second-order valence-electron chi connectivity index (χ2n) is 6.28. The molecule has 0 bridgehead atoms. The van der Waals surface area contributed by atoms with Crippen LogP contribution in [0.2, 0.25) is 0 Å². The van der Waals surface area contributed by atoms with E-state index in [4.69, 9.17) is 0 Å². The lowest BCUT2D eigenvalue weighted by Gasteiger charge is -2.18. The van der Waals surface area contributed by atoms with Crippen molar-refractivity contribution in [1.29, 1.82) is 0 Å². The van der Waals surface area contributed by atoms with E-state index in [9.17, 15) is 26.4 Å². The molecule has 28 heavy (non-hydrogen) atoms. The number of sulfonamides is 1. The van der Waals surface area contributed by atoms with E-state index in [1.807, 2.05) is 6.92 Å². The van der Waals surface area contributed by atoms with Crippen LogP contribution in [0.3, 0.4) is 0 Å². The average Bonchev–Trinajstić information content (AvgIpc) is 2.65. The first-order valence-electron chi connectivity index (χ1n) is 8.56. The smallest absolute Gasteiger partial charge is 0.337 e. The van der Waals surface area contributed by atoms with E-state index in [1.54, 1.807) is 0 Å². The zero-order valence-electron chi connectivity index (χ0n) is 15.5. The van der Waals surface area contributed by atoms with Gasteiger partial charge in [-0.2, -0.15) is 13.2 Å². The summed E-state index contributed by atoms with van der Waals surface area (Å²) in [4.78, 5) is 13.9. The predicted octanol–water partition coefficient (Wildman–Crippen LogP) is 3.67. The monoisotopic (exact) mass is 414 g/mol. The van der Waals surface area contributed by atoms with E-state index in [0.29, 0.717) is 12.0 Å². The van der Waals surface area contributed by atoms with E-state index in [0.717, 1.165) is 12.1 Å². The number of hydrogen-bond acceptors (Lipinski definition) is 3. The predicted molar refractivity (Wildman–Crippen MR) is 99.2 cm³/mol. The number of nitrogens with one attached hydrogen (secondary N) is 1. The van der Waals surface area contributed by atoms with Crippen LogP contribution < -0.4 is 4.72 Å². The van der Waals surface area contributed by atoms with Crippen molar-refractivity contribution in [2.24, 2.45) is 0 Å². The maximum atomic E-state index is 12.6. The lowest BCUT2D eigenvalue weighted by molar-refractivity contribution is -0.137. The zero-order valence-corrected chi connectivity index (χ0v) is 16.3. The van der Waals surface area contributed by atoms with Gasteiger partial charge in [-0.05, 0) is 42.3 Å². The van der Waals surface area contributed by atoms with Gasteiger partial charge in [-0.15, -0.1) is 0 Å².